The summed E-state index contributed by atoms with van der Waals surface area (Å²) < 4.78 is 5.24. The van der Waals surface area contributed by atoms with Crippen molar-refractivity contribution >= 4 is 23.2 Å². The molecule has 0 aromatic heterocycles. The Kier molecular flexibility index (Phi) is 11.3. The van der Waals surface area contributed by atoms with Gasteiger partial charge in [0.15, 0.2) is 0 Å². The summed E-state index contributed by atoms with van der Waals surface area (Å²) >= 11 is 0. The van der Waals surface area contributed by atoms with E-state index in [1.165, 1.54) is 0 Å². The van der Waals surface area contributed by atoms with Crippen LogP contribution in [0.25, 0.3) is 0 Å². The number of carbonyl (C=O) groups excluding carboxylic acids is 2. The Morgan fingerprint density at radius 1 is 0.733 bits per heavy atom. The van der Waals surface area contributed by atoms with Gasteiger partial charge in [0.1, 0.15) is 6.61 Å². The van der Waals surface area contributed by atoms with Crippen LogP contribution in [0.3, 0.4) is 0 Å². The van der Waals surface area contributed by atoms with Gasteiger partial charge in [-0.05, 0) is 49.6 Å². The van der Waals surface area contributed by atoms with Crippen LogP contribution >= 0.6 is 0 Å². The molecule has 0 aliphatic heterocycles. The third kappa shape index (κ3) is 10.2. The van der Waals surface area contributed by atoms with Crippen LogP contribution in [0.1, 0.15) is 63.9 Å². The number of anilines is 2. The molecule has 0 aliphatic carbocycles. The molecule has 0 bridgehead atoms. The summed E-state index contributed by atoms with van der Waals surface area (Å²) in [7, 11) is 0. The van der Waals surface area contributed by atoms with Gasteiger partial charge in [-0.3, -0.25) is 9.59 Å². The molecule has 30 heavy (non-hydrogen) atoms. The first-order valence-corrected chi connectivity index (χ1v) is 10.9. The summed E-state index contributed by atoms with van der Waals surface area (Å²) in [4.78, 5) is 23.9. The number of nitrogens with one attached hydrogen (secondary N) is 2. The average Bonchev–Trinajstić information content (AvgIpc) is 2.76. The second kappa shape index (κ2) is 14.3. The van der Waals surface area contributed by atoms with Gasteiger partial charge in [0.25, 0.3) is 0 Å². The summed E-state index contributed by atoms with van der Waals surface area (Å²) in [6.07, 6.45) is 7.14. The van der Waals surface area contributed by atoms with Crippen molar-refractivity contribution in [1.82, 2.24) is 0 Å². The van der Waals surface area contributed by atoms with Gasteiger partial charge in [-0.1, -0.05) is 56.0 Å². The summed E-state index contributed by atoms with van der Waals surface area (Å²) in [5.74, 6) is 0.121. The molecule has 5 nitrogen and oxygen atoms in total. The first-order chi connectivity index (χ1) is 14.7. The standard InChI is InChI=1S/C25H33N2O3/c1-2-30-20-21-16-18-23(19-17-21)27-25(29)15-11-6-4-3-5-10-14-24(28)26-22-12-8-7-9-13-22/h7-9,12-13,16-20H,2-6,10-11,14-15H2,1H3,(H,26,28)(H,27,29). The highest BCUT2D eigenvalue weighted by Gasteiger charge is 2.04. The summed E-state index contributed by atoms with van der Waals surface area (Å²) in [6.45, 7) is 4.29. The van der Waals surface area contributed by atoms with E-state index in [0.29, 0.717) is 19.4 Å². The summed E-state index contributed by atoms with van der Waals surface area (Å²) in [5, 5.41) is 5.84. The van der Waals surface area contributed by atoms with Crippen molar-refractivity contribution in [1.29, 1.82) is 0 Å². The third-order valence-corrected chi connectivity index (χ3v) is 4.70. The van der Waals surface area contributed by atoms with Gasteiger partial charge < -0.3 is 15.4 Å². The number of para-hydroxylation sites is 1. The topological polar surface area (TPSA) is 67.4 Å². The molecule has 0 saturated carbocycles. The quantitative estimate of drug-likeness (QED) is 0.380. The normalized spacial score (nSPS) is 10.6. The molecule has 2 aromatic carbocycles. The van der Waals surface area contributed by atoms with Crippen molar-refractivity contribution in [3.05, 3.63) is 66.8 Å². The maximum absolute atomic E-state index is 12.0. The highest BCUT2D eigenvalue weighted by molar-refractivity contribution is 5.91. The van der Waals surface area contributed by atoms with E-state index in [9.17, 15) is 9.59 Å². The van der Waals surface area contributed by atoms with Crippen molar-refractivity contribution < 1.29 is 14.3 Å². The van der Waals surface area contributed by atoms with Crippen LogP contribution in [0, 0.1) is 6.61 Å². The Labute approximate surface area is 180 Å². The lowest BCUT2D eigenvalue weighted by Crippen LogP contribution is -2.11. The Bertz CT molecular complexity index is 745. The number of carbonyl (C=O) groups is 2. The van der Waals surface area contributed by atoms with Crippen molar-refractivity contribution in [2.75, 3.05) is 17.2 Å². The zero-order chi connectivity index (χ0) is 21.4. The lowest BCUT2D eigenvalue weighted by atomic mass is 10.1. The van der Waals surface area contributed by atoms with Gasteiger partial charge in [-0.15, -0.1) is 0 Å². The first kappa shape index (κ1) is 23.6. The molecule has 2 N–H and O–H groups in total. The molecular formula is C25H33N2O3. The zero-order valence-corrected chi connectivity index (χ0v) is 17.9. The number of rotatable bonds is 14. The molecule has 0 fully saturated rings. The van der Waals surface area contributed by atoms with E-state index in [-0.39, 0.29) is 11.8 Å². The van der Waals surface area contributed by atoms with Crippen molar-refractivity contribution in [3.63, 3.8) is 0 Å². The molecule has 0 spiro atoms. The predicted molar refractivity (Wildman–Crippen MR) is 122 cm³/mol. The number of hydrogen-bond donors (Lipinski definition) is 2. The minimum atomic E-state index is 0.0501. The molecule has 161 valence electrons. The second-order valence-electron chi connectivity index (χ2n) is 7.28. The fraction of sp³-hybridized carbons (Fsp3) is 0.400. The predicted octanol–water partition coefficient (Wildman–Crippen LogP) is 5.93. The van der Waals surface area contributed by atoms with E-state index in [1.807, 2.05) is 61.5 Å². The highest BCUT2D eigenvalue weighted by atomic mass is 16.5. The molecule has 0 aliphatic rings. The van der Waals surface area contributed by atoms with E-state index >= 15 is 0 Å². The Morgan fingerprint density at radius 2 is 1.23 bits per heavy atom. The van der Waals surface area contributed by atoms with Crippen molar-refractivity contribution in [2.24, 2.45) is 0 Å². The van der Waals surface area contributed by atoms with Crippen LogP contribution in [-0.4, -0.2) is 18.4 Å². The fourth-order valence-corrected chi connectivity index (χ4v) is 3.07. The molecule has 1 radical (unpaired) electrons. The number of hydrogen-bond acceptors (Lipinski definition) is 3. The number of ether oxygens (including phenoxy) is 1. The SMILES string of the molecule is CCO[CH]c1ccc(NC(=O)CCCCCCCCC(=O)Nc2ccccc2)cc1. The molecule has 0 unspecified atom stereocenters. The monoisotopic (exact) mass is 409 g/mol. The van der Waals surface area contributed by atoms with Crippen LogP contribution in [-0.2, 0) is 14.3 Å². The van der Waals surface area contributed by atoms with E-state index in [0.717, 1.165) is 55.5 Å². The van der Waals surface area contributed by atoms with Gasteiger partial charge in [-0.2, -0.15) is 0 Å². The van der Waals surface area contributed by atoms with Crippen molar-refractivity contribution in [2.45, 2.75) is 58.3 Å². The molecule has 0 heterocycles. The van der Waals surface area contributed by atoms with Gasteiger partial charge in [0.2, 0.25) is 11.8 Å². The zero-order valence-electron chi connectivity index (χ0n) is 17.9. The molecule has 2 amide bonds. The number of amides is 2. The lowest BCUT2D eigenvalue weighted by Gasteiger charge is -2.07. The summed E-state index contributed by atoms with van der Waals surface area (Å²) in [5.41, 5.74) is 2.63. The maximum atomic E-state index is 12.0. The first-order valence-electron chi connectivity index (χ1n) is 10.9. The average molecular weight is 410 g/mol. The second-order valence-corrected chi connectivity index (χ2v) is 7.28. The van der Waals surface area contributed by atoms with E-state index in [2.05, 4.69) is 10.6 Å². The molecule has 2 aromatic rings. The Balaban J connectivity index is 1.46. The van der Waals surface area contributed by atoms with Crippen LogP contribution in [0.5, 0.6) is 0 Å². The molecule has 5 heteroatoms. The highest BCUT2D eigenvalue weighted by Crippen LogP contribution is 2.14. The van der Waals surface area contributed by atoms with E-state index < -0.39 is 0 Å². The van der Waals surface area contributed by atoms with Gasteiger partial charge >= 0.3 is 0 Å². The summed E-state index contributed by atoms with van der Waals surface area (Å²) in [6, 6.07) is 17.2. The van der Waals surface area contributed by atoms with Gasteiger partial charge in [-0.25, -0.2) is 0 Å². The molecule has 0 saturated heterocycles. The number of unbranched alkanes of at least 4 members (excludes halogenated alkanes) is 5. The minimum absolute atomic E-state index is 0.0501. The molecule has 2 rings (SSSR count). The van der Waals surface area contributed by atoms with Gasteiger partial charge in [0, 0.05) is 30.8 Å². The van der Waals surface area contributed by atoms with E-state index in [1.54, 1.807) is 6.61 Å². The third-order valence-electron chi connectivity index (χ3n) is 4.70. The maximum Gasteiger partial charge on any atom is 0.224 e. The van der Waals surface area contributed by atoms with E-state index in [4.69, 9.17) is 4.74 Å². The van der Waals surface area contributed by atoms with Crippen LogP contribution in [0.2, 0.25) is 0 Å². The molecule has 0 atom stereocenters. The Hall–Kier alpha value is -2.66. The lowest BCUT2D eigenvalue weighted by molar-refractivity contribution is -0.117. The van der Waals surface area contributed by atoms with Crippen LogP contribution in [0.4, 0.5) is 11.4 Å². The molecular weight excluding hydrogens is 376 g/mol. The van der Waals surface area contributed by atoms with Crippen molar-refractivity contribution in [3.8, 4) is 0 Å². The van der Waals surface area contributed by atoms with Crippen LogP contribution < -0.4 is 10.6 Å². The number of benzene rings is 2. The smallest absolute Gasteiger partial charge is 0.224 e. The Morgan fingerprint density at radius 3 is 1.77 bits per heavy atom. The fourth-order valence-electron chi connectivity index (χ4n) is 3.07. The van der Waals surface area contributed by atoms with Gasteiger partial charge in [0.05, 0.1) is 0 Å². The van der Waals surface area contributed by atoms with Crippen LogP contribution in [0.15, 0.2) is 54.6 Å². The minimum Gasteiger partial charge on any atom is -0.371 e. The largest absolute Gasteiger partial charge is 0.371 e.